The van der Waals surface area contributed by atoms with Crippen LogP contribution in [0.1, 0.15) is 32.2 Å². The molecule has 1 aromatic carbocycles. The molecule has 0 saturated heterocycles. The molecule has 8 heteroatoms. The first-order valence-corrected chi connectivity index (χ1v) is 8.77. The summed E-state index contributed by atoms with van der Waals surface area (Å²) in [6.07, 6.45) is 0. The van der Waals surface area contributed by atoms with Crippen LogP contribution in [0.4, 0.5) is 0 Å². The van der Waals surface area contributed by atoms with Crippen LogP contribution >= 0.6 is 0 Å². The number of hydrogen-bond donors (Lipinski definition) is 0. The van der Waals surface area contributed by atoms with E-state index in [1.165, 1.54) is 0 Å². The van der Waals surface area contributed by atoms with Gasteiger partial charge >= 0.3 is 0 Å². The SMILES string of the molecule is Cc1cc(CS(=O)(=O)CCN2C(=O)c3ccccc3C2=O)on1. The Morgan fingerprint density at radius 3 is 2.26 bits per heavy atom. The van der Waals surface area contributed by atoms with Gasteiger partial charge in [0.2, 0.25) is 0 Å². The minimum atomic E-state index is -3.52. The van der Waals surface area contributed by atoms with Gasteiger partial charge in [0.15, 0.2) is 15.6 Å². The number of carbonyl (C=O) groups is 2. The average Bonchev–Trinajstić information content (AvgIpc) is 3.00. The molecule has 3 rings (SSSR count). The Morgan fingerprint density at radius 1 is 1.13 bits per heavy atom. The predicted molar refractivity (Wildman–Crippen MR) is 80.5 cm³/mol. The van der Waals surface area contributed by atoms with E-state index in [0.717, 1.165) is 4.90 Å². The van der Waals surface area contributed by atoms with E-state index in [1.54, 1.807) is 37.3 Å². The van der Waals surface area contributed by atoms with Crippen molar-refractivity contribution in [2.45, 2.75) is 12.7 Å². The first-order valence-electron chi connectivity index (χ1n) is 6.95. The molecular weight excluding hydrogens is 320 g/mol. The maximum Gasteiger partial charge on any atom is 0.261 e. The lowest BCUT2D eigenvalue weighted by molar-refractivity contribution is 0.0664. The zero-order chi connectivity index (χ0) is 16.6. The maximum absolute atomic E-state index is 12.2. The third-order valence-electron chi connectivity index (χ3n) is 3.54. The van der Waals surface area contributed by atoms with Gasteiger partial charge in [0.25, 0.3) is 11.8 Å². The van der Waals surface area contributed by atoms with Gasteiger partial charge in [-0.25, -0.2) is 8.42 Å². The van der Waals surface area contributed by atoms with Crippen molar-refractivity contribution in [3.05, 3.63) is 52.9 Å². The van der Waals surface area contributed by atoms with Gasteiger partial charge in [-0.2, -0.15) is 0 Å². The normalized spacial score (nSPS) is 14.4. The van der Waals surface area contributed by atoms with Gasteiger partial charge in [0.1, 0.15) is 5.75 Å². The first-order chi connectivity index (χ1) is 10.9. The largest absolute Gasteiger partial charge is 0.360 e. The molecule has 0 aliphatic carbocycles. The highest BCUT2D eigenvalue weighted by Gasteiger charge is 2.35. The van der Waals surface area contributed by atoms with Gasteiger partial charge in [0.05, 0.1) is 22.6 Å². The van der Waals surface area contributed by atoms with Crippen molar-refractivity contribution in [3.63, 3.8) is 0 Å². The van der Waals surface area contributed by atoms with Crippen LogP contribution in [0.2, 0.25) is 0 Å². The van der Waals surface area contributed by atoms with Crippen LogP contribution in [0.15, 0.2) is 34.9 Å². The molecule has 120 valence electrons. The van der Waals surface area contributed by atoms with Gasteiger partial charge in [-0.05, 0) is 19.1 Å². The smallest absolute Gasteiger partial charge is 0.261 e. The van der Waals surface area contributed by atoms with Gasteiger partial charge in [0, 0.05) is 12.6 Å². The van der Waals surface area contributed by atoms with E-state index in [4.69, 9.17) is 4.52 Å². The quantitative estimate of drug-likeness (QED) is 0.762. The minimum Gasteiger partial charge on any atom is -0.360 e. The Hall–Kier alpha value is -2.48. The van der Waals surface area contributed by atoms with Crippen molar-refractivity contribution in [3.8, 4) is 0 Å². The summed E-state index contributed by atoms with van der Waals surface area (Å²) < 4.78 is 29.1. The Bertz CT molecular complexity index is 850. The van der Waals surface area contributed by atoms with E-state index < -0.39 is 21.7 Å². The topological polar surface area (TPSA) is 97.6 Å². The lowest BCUT2D eigenvalue weighted by atomic mass is 10.1. The van der Waals surface area contributed by atoms with E-state index >= 15 is 0 Å². The van der Waals surface area contributed by atoms with Crippen LogP contribution in [0.25, 0.3) is 0 Å². The lowest BCUT2D eigenvalue weighted by Gasteiger charge is -2.13. The van der Waals surface area contributed by atoms with Crippen LogP contribution in [0.5, 0.6) is 0 Å². The molecule has 0 saturated carbocycles. The summed E-state index contributed by atoms with van der Waals surface area (Å²) in [4.78, 5) is 25.3. The number of aromatic nitrogens is 1. The molecule has 2 heterocycles. The minimum absolute atomic E-state index is 0.179. The van der Waals surface area contributed by atoms with Gasteiger partial charge in [-0.3, -0.25) is 14.5 Å². The fourth-order valence-electron chi connectivity index (χ4n) is 2.45. The van der Waals surface area contributed by atoms with Crippen molar-refractivity contribution in [2.75, 3.05) is 12.3 Å². The molecule has 0 unspecified atom stereocenters. The number of hydrogen-bond acceptors (Lipinski definition) is 6. The third-order valence-corrected chi connectivity index (χ3v) is 5.07. The van der Waals surface area contributed by atoms with Crippen LogP contribution < -0.4 is 0 Å². The molecule has 0 radical (unpaired) electrons. The summed E-state index contributed by atoms with van der Waals surface area (Å²) in [5, 5.41) is 3.63. The average molecular weight is 334 g/mol. The van der Waals surface area contributed by atoms with Crippen LogP contribution in [-0.4, -0.2) is 42.6 Å². The molecule has 1 aliphatic rings. The molecule has 2 aromatic rings. The molecule has 1 aromatic heterocycles. The summed E-state index contributed by atoms with van der Waals surface area (Å²) >= 11 is 0. The molecule has 2 amide bonds. The van der Waals surface area contributed by atoms with Crippen molar-refractivity contribution in [2.24, 2.45) is 0 Å². The van der Waals surface area contributed by atoms with E-state index in [2.05, 4.69) is 5.16 Å². The number of carbonyl (C=O) groups excluding carboxylic acids is 2. The summed E-state index contributed by atoms with van der Waals surface area (Å²) in [6, 6.07) is 7.98. The Balaban J connectivity index is 1.69. The highest BCUT2D eigenvalue weighted by molar-refractivity contribution is 7.90. The van der Waals surface area contributed by atoms with Crippen LogP contribution in [-0.2, 0) is 15.6 Å². The second kappa shape index (κ2) is 5.62. The van der Waals surface area contributed by atoms with Crippen LogP contribution in [0.3, 0.4) is 0 Å². The third kappa shape index (κ3) is 3.02. The molecule has 23 heavy (non-hydrogen) atoms. The second-order valence-electron chi connectivity index (χ2n) is 5.33. The van der Waals surface area contributed by atoms with Crippen molar-refractivity contribution in [1.82, 2.24) is 10.1 Å². The molecule has 1 aliphatic heterocycles. The number of rotatable bonds is 5. The first kappa shape index (κ1) is 15.4. The number of aryl methyl sites for hydroxylation is 1. The standard InChI is InChI=1S/C15H14N2O5S/c1-10-8-11(22-16-10)9-23(20,21)7-6-17-14(18)12-4-2-3-5-13(12)15(17)19/h2-5,8H,6-7,9H2,1H3. The second-order valence-corrected chi connectivity index (χ2v) is 7.52. The summed E-state index contributed by atoms with van der Waals surface area (Å²) in [5.74, 6) is -1.31. The van der Waals surface area contributed by atoms with Gasteiger partial charge in [-0.15, -0.1) is 0 Å². The number of sulfone groups is 1. The molecule has 7 nitrogen and oxygen atoms in total. The number of nitrogens with zero attached hydrogens (tertiary/aromatic N) is 2. The molecule has 0 fully saturated rings. The van der Waals surface area contributed by atoms with E-state index in [9.17, 15) is 18.0 Å². The summed E-state index contributed by atoms with van der Waals surface area (Å²) in [7, 11) is -3.52. The number of imide groups is 1. The van der Waals surface area contributed by atoms with Crippen LogP contribution in [0, 0.1) is 6.92 Å². The Kier molecular flexibility index (Phi) is 3.77. The summed E-state index contributed by atoms with van der Waals surface area (Å²) in [6.45, 7) is 1.51. The highest BCUT2D eigenvalue weighted by Crippen LogP contribution is 2.22. The molecule has 0 atom stereocenters. The number of fused-ring (bicyclic) bond motifs is 1. The fraction of sp³-hybridized carbons (Fsp3) is 0.267. The summed E-state index contributed by atoms with van der Waals surface area (Å²) in [5.41, 5.74) is 1.21. The zero-order valence-electron chi connectivity index (χ0n) is 12.4. The van der Waals surface area contributed by atoms with E-state index in [1.807, 2.05) is 0 Å². The zero-order valence-corrected chi connectivity index (χ0v) is 13.2. The molecule has 0 bridgehead atoms. The lowest BCUT2D eigenvalue weighted by Crippen LogP contribution is -2.34. The van der Waals surface area contributed by atoms with Gasteiger partial charge < -0.3 is 4.52 Å². The fourth-order valence-corrected chi connectivity index (χ4v) is 3.62. The molecular formula is C15H14N2O5S. The predicted octanol–water partition coefficient (Wildman–Crippen LogP) is 1.19. The maximum atomic E-state index is 12.2. The van der Waals surface area contributed by atoms with E-state index in [0.29, 0.717) is 16.8 Å². The molecule has 0 spiro atoms. The van der Waals surface area contributed by atoms with Crippen molar-refractivity contribution >= 4 is 21.7 Å². The van der Waals surface area contributed by atoms with E-state index in [-0.39, 0.29) is 23.8 Å². The number of amides is 2. The van der Waals surface area contributed by atoms with Crippen molar-refractivity contribution in [1.29, 1.82) is 0 Å². The monoisotopic (exact) mass is 334 g/mol. The Morgan fingerprint density at radius 2 is 1.74 bits per heavy atom. The Labute approximate surface area is 132 Å². The van der Waals surface area contributed by atoms with Gasteiger partial charge in [-0.1, -0.05) is 17.3 Å². The van der Waals surface area contributed by atoms with Crippen molar-refractivity contribution < 1.29 is 22.5 Å². The molecule has 0 N–H and O–H groups in total. The number of benzene rings is 1. The highest BCUT2D eigenvalue weighted by atomic mass is 32.2.